The molecular weight excluding hydrogens is 1030 g/mol. The minimum absolute atomic E-state index is 0.125. The Morgan fingerprint density at radius 2 is 0.603 bits per heavy atom. The summed E-state index contributed by atoms with van der Waals surface area (Å²) in [5, 5.41) is 0. The molecule has 0 radical (unpaired) electrons. The fourth-order valence-corrected chi connectivity index (χ4v) is 2.64. The van der Waals surface area contributed by atoms with E-state index in [9.17, 15) is 154 Å². The van der Waals surface area contributed by atoms with Crippen LogP contribution in [0.4, 0.5) is 154 Å². The number of alkyl halides is 35. The first-order valence-electron chi connectivity index (χ1n) is 13.6. The van der Waals surface area contributed by atoms with E-state index < -0.39 is 123 Å². The molecule has 0 aliphatic rings. The maximum absolute atomic E-state index is 14.3. The second-order valence-corrected chi connectivity index (χ2v) is 10.9. The van der Waals surface area contributed by atoms with Crippen molar-refractivity contribution in [2.75, 3.05) is 0 Å². The number of ether oxygens (including phenoxy) is 7. The Morgan fingerprint density at radius 1 is 0.333 bits per heavy atom. The Bertz CT molecular complexity index is 1550. The zero-order valence-electron chi connectivity index (χ0n) is 27.9. The monoisotopic (exact) mass is 1040 g/mol. The molecule has 0 aliphatic carbocycles. The fraction of sp³-hybridized carbons (Fsp3) is 1.00. The maximum Gasteiger partial charge on any atom is 0.495 e. The van der Waals surface area contributed by atoms with Crippen LogP contribution in [0.25, 0.3) is 0 Å². The van der Waals surface area contributed by atoms with Crippen LogP contribution in [0.3, 0.4) is 0 Å². The Hall–Kier alpha value is -2.73. The van der Waals surface area contributed by atoms with Gasteiger partial charge in [0, 0.05) is 13.3 Å². The lowest BCUT2D eigenvalue weighted by atomic mass is 10.2. The van der Waals surface area contributed by atoms with Crippen molar-refractivity contribution in [3.05, 3.63) is 0 Å². The van der Waals surface area contributed by atoms with E-state index in [0.717, 1.165) is 23.7 Å². The summed E-state index contributed by atoms with van der Waals surface area (Å²) < 4.78 is 478. The Morgan fingerprint density at radius 3 is 0.905 bits per heavy atom. The smallest absolute Gasteiger partial charge is 0.274 e. The molecule has 0 aromatic heterocycles. The topological polar surface area (TPSA) is 64.6 Å². The van der Waals surface area contributed by atoms with E-state index in [-0.39, 0.29) is 6.92 Å². The Kier molecular flexibility index (Phi) is 15.8. The molecule has 2 atom stereocenters. The lowest BCUT2D eigenvalue weighted by Gasteiger charge is -2.40. The molecule has 0 saturated heterocycles. The molecule has 380 valence electrons. The summed E-state index contributed by atoms with van der Waals surface area (Å²) in [4.78, 5) is 0. The first kappa shape index (κ1) is 60.3. The van der Waals surface area contributed by atoms with Gasteiger partial charge in [0.15, 0.2) is 0 Å². The van der Waals surface area contributed by atoms with E-state index in [4.69, 9.17) is 0 Å². The summed E-state index contributed by atoms with van der Waals surface area (Å²) in [6.45, 7) is -1.12. The average molecular weight is 1040 g/mol. The predicted molar refractivity (Wildman–Crippen MR) is 113 cm³/mol. The number of hydrogen-bond acceptors (Lipinski definition) is 7. The third kappa shape index (κ3) is 11.8. The molecule has 0 bridgehead atoms. The molecule has 7 nitrogen and oxygen atoms in total. The second kappa shape index (κ2) is 16.6. The van der Waals surface area contributed by atoms with Gasteiger partial charge >= 0.3 is 103 Å². The molecular formula is C21H9F35O7. The van der Waals surface area contributed by atoms with E-state index in [2.05, 4.69) is 0 Å². The highest BCUT2D eigenvalue weighted by molar-refractivity contribution is 4.93. The summed E-state index contributed by atoms with van der Waals surface area (Å²) in [6.07, 6.45) is -107. The van der Waals surface area contributed by atoms with Crippen molar-refractivity contribution in [2.24, 2.45) is 0 Å². The summed E-state index contributed by atoms with van der Waals surface area (Å²) in [6, 6.07) is 0. The molecule has 63 heavy (non-hydrogen) atoms. The normalized spacial score (nSPS) is 17.9. The quantitative estimate of drug-likeness (QED) is 0.0705. The van der Waals surface area contributed by atoms with Crippen molar-refractivity contribution < 1.29 is 187 Å². The molecule has 0 rings (SSSR count). The average Bonchev–Trinajstić information content (AvgIpc) is 2.96. The van der Waals surface area contributed by atoms with Gasteiger partial charge in [-0.15, -0.1) is 8.78 Å². The minimum Gasteiger partial charge on any atom is -0.274 e. The van der Waals surface area contributed by atoms with Crippen LogP contribution in [-0.4, -0.2) is 109 Å². The van der Waals surface area contributed by atoms with Gasteiger partial charge in [0.25, 0.3) is 6.36 Å². The van der Waals surface area contributed by atoms with Crippen molar-refractivity contribution in [1.82, 2.24) is 0 Å². The molecule has 2 unspecified atom stereocenters. The summed E-state index contributed by atoms with van der Waals surface area (Å²) >= 11 is 0. The standard InChI is InChI=1S/C21H9F35O7/c1-3-6(25,26)4(22)57-12(37,38)7(27,28)13(39,40)60-19(51,52)20(53,54)63-21(55,56)62-16(45,46)9(31,10(32,33)34)58-17(47,48)18(49,50)61-15(43,44)8(29,30)14(41,42)59-11(35,36)5(2,23)24/h4H,3H2,1-2H3. The molecule has 0 spiro atoms. The van der Waals surface area contributed by atoms with E-state index in [1.54, 1.807) is 0 Å². The number of hydrogen-bond donors (Lipinski definition) is 0. The fourth-order valence-electron chi connectivity index (χ4n) is 2.64. The van der Waals surface area contributed by atoms with Gasteiger partial charge in [-0.25, -0.2) is 36.9 Å². The van der Waals surface area contributed by atoms with Crippen LogP contribution in [0.15, 0.2) is 0 Å². The molecule has 0 aromatic carbocycles. The van der Waals surface area contributed by atoms with Crippen LogP contribution < -0.4 is 0 Å². The van der Waals surface area contributed by atoms with E-state index in [0.29, 0.717) is 0 Å². The Labute approximate surface area is 318 Å². The highest BCUT2D eigenvalue weighted by atomic mass is 19.4. The third-order valence-electron chi connectivity index (χ3n) is 5.98. The Balaban J connectivity index is 6.86. The van der Waals surface area contributed by atoms with Gasteiger partial charge in [-0.3, -0.25) is 9.47 Å². The maximum atomic E-state index is 14.3. The minimum atomic E-state index is -8.97. The molecule has 0 amide bonds. The molecule has 0 aliphatic heterocycles. The van der Waals surface area contributed by atoms with E-state index >= 15 is 0 Å². The highest BCUT2D eigenvalue weighted by Gasteiger charge is 2.86. The van der Waals surface area contributed by atoms with Gasteiger partial charge in [-0.2, -0.15) is 132 Å². The molecule has 0 heterocycles. The van der Waals surface area contributed by atoms with Crippen LogP contribution >= 0.6 is 0 Å². The number of halogens is 35. The van der Waals surface area contributed by atoms with Gasteiger partial charge in [-0.1, -0.05) is 6.92 Å². The van der Waals surface area contributed by atoms with Crippen LogP contribution in [0.2, 0.25) is 0 Å². The molecule has 0 fully saturated rings. The van der Waals surface area contributed by atoms with Crippen LogP contribution in [0.1, 0.15) is 20.3 Å². The van der Waals surface area contributed by atoms with Crippen molar-refractivity contribution in [2.45, 2.75) is 130 Å². The lowest BCUT2D eigenvalue weighted by Crippen LogP contribution is -2.67. The third-order valence-corrected chi connectivity index (χ3v) is 5.98. The van der Waals surface area contributed by atoms with Gasteiger partial charge in [0.1, 0.15) is 0 Å². The molecule has 0 saturated carbocycles. The van der Waals surface area contributed by atoms with Crippen molar-refractivity contribution in [3.8, 4) is 0 Å². The van der Waals surface area contributed by atoms with Crippen LogP contribution in [-0.2, 0) is 33.2 Å². The van der Waals surface area contributed by atoms with Gasteiger partial charge in [-0.05, 0) is 0 Å². The number of rotatable bonds is 24. The van der Waals surface area contributed by atoms with Gasteiger partial charge in [0.2, 0.25) is 0 Å². The van der Waals surface area contributed by atoms with Crippen molar-refractivity contribution >= 4 is 0 Å². The summed E-state index contributed by atoms with van der Waals surface area (Å²) in [5.74, 6) is -37.4. The predicted octanol–water partition coefficient (Wildman–Crippen LogP) is 12.1. The first-order valence-corrected chi connectivity index (χ1v) is 13.6. The van der Waals surface area contributed by atoms with E-state index in [1.807, 2.05) is 4.74 Å². The largest absolute Gasteiger partial charge is 0.495 e. The first-order chi connectivity index (χ1) is 26.7. The zero-order chi connectivity index (χ0) is 51.7. The second-order valence-electron chi connectivity index (χ2n) is 10.9. The van der Waals surface area contributed by atoms with Crippen LogP contribution in [0, 0.1) is 0 Å². The van der Waals surface area contributed by atoms with Crippen molar-refractivity contribution in [1.29, 1.82) is 0 Å². The molecule has 0 aromatic rings. The summed E-state index contributed by atoms with van der Waals surface area (Å²) in [7, 11) is 0. The zero-order valence-corrected chi connectivity index (χ0v) is 27.9. The highest BCUT2D eigenvalue weighted by Crippen LogP contribution is 2.58. The molecule has 42 heteroatoms. The van der Waals surface area contributed by atoms with E-state index in [1.165, 1.54) is 4.74 Å². The van der Waals surface area contributed by atoms with Crippen molar-refractivity contribution in [3.63, 3.8) is 0 Å². The summed E-state index contributed by atoms with van der Waals surface area (Å²) in [5.41, 5.74) is 0. The van der Waals surface area contributed by atoms with Gasteiger partial charge in [0.05, 0.1) is 0 Å². The van der Waals surface area contributed by atoms with Crippen LogP contribution in [0.5, 0.6) is 0 Å². The van der Waals surface area contributed by atoms with Gasteiger partial charge < -0.3 is 0 Å². The SMILES string of the molecule is CCC(F)(F)C(F)OC(F)(F)C(F)(F)C(F)(F)OC(F)(F)C(F)(F)OC(F)(F)OC(F)(F)C(F)(OC(F)(F)C(F)(F)OC(F)(F)C(F)(F)C(F)(F)OC(F)(F)C(C)(F)F)C(F)(F)F. The molecule has 0 N–H and O–H groups in total. The lowest BCUT2D eigenvalue weighted by molar-refractivity contribution is -0.608.